The Morgan fingerprint density at radius 1 is 1.62 bits per heavy atom. The van der Waals surface area contributed by atoms with E-state index >= 15 is 0 Å². The molecular weight excluding hydrogens is 173 g/mol. The Morgan fingerprint density at radius 2 is 2.15 bits per heavy atom. The van der Waals surface area contributed by atoms with Crippen LogP contribution in [0.2, 0.25) is 0 Å². The van der Waals surface area contributed by atoms with E-state index in [9.17, 15) is 9.18 Å². The number of rotatable bonds is 5. The maximum atomic E-state index is 12.7. The summed E-state index contributed by atoms with van der Waals surface area (Å²) in [6.07, 6.45) is 0.423. The first-order chi connectivity index (χ1) is 6.02. The van der Waals surface area contributed by atoms with Crippen LogP contribution in [0.3, 0.4) is 0 Å². The molecule has 1 atom stereocenters. The summed E-state index contributed by atoms with van der Waals surface area (Å²) in [6.45, 7) is 3.08. The van der Waals surface area contributed by atoms with Gasteiger partial charge >= 0.3 is 5.97 Å². The number of carbonyl (C=O) groups is 1. The van der Waals surface area contributed by atoms with Gasteiger partial charge in [0.1, 0.15) is 12.1 Å². The maximum absolute atomic E-state index is 12.7. The number of halogens is 1. The zero-order valence-corrected chi connectivity index (χ0v) is 8.47. The van der Waals surface area contributed by atoms with Crippen LogP contribution in [-0.4, -0.2) is 26.3 Å². The van der Waals surface area contributed by atoms with Crippen molar-refractivity contribution in [1.29, 1.82) is 0 Å². The van der Waals surface area contributed by atoms with Gasteiger partial charge in [0.05, 0.1) is 7.11 Å². The molecule has 0 aliphatic rings. The molecule has 3 nitrogen and oxygen atoms in total. The molecule has 0 aromatic carbocycles. The van der Waals surface area contributed by atoms with Crippen LogP contribution >= 0.6 is 0 Å². The zero-order valence-electron chi connectivity index (χ0n) is 8.47. The minimum Gasteiger partial charge on any atom is -0.468 e. The monoisotopic (exact) mass is 191 g/mol. The van der Waals surface area contributed by atoms with Crippen molar-refractivity contribution in [3.8, 4) is 0 Å². The highest BCUT2D eigenvalue weighted by atomic mass is 19.1. The molecule has 13 heavy (non-hydrogen) atoms. The highest BCUT2D eigenvalue weighted by molar-refractivity contribution is 5.77. The van der Waals surface area contributed by atoms with Crippen molar-refractivity contribution in [3.63, 3.8) is 0 Å². The topological polar surface area (TPSA) is 52.3 Å². The van der Waals surface area contributed by atoms with Gasteiger partial charge in [-0.1, -0.05) is 13.8 Å². The largest absolute Gasteiger partial charge is 0.468 e. The first-order valence-corrected chi connectivity index (χ1v) is 4.37. The molecule has 1 unspecified atom stereocenters. The van der Waals surface area contributed by atoms with Crippen molar-refractivity contribution in [3.05, 3.63) is 0 Å². The summed E-state index contributed by atoms with van der Waals surface area (Å²) in [7, 11) is 1.25. The lowest BCUT2D eigenvalue weighted by Crippen LogP contribution is -2.42. The van der Waals surface area contributed by atoms with E-state index in [2.05, 4.69) is 4.74 Å². The first kappa shape index (κ1) is 12.4. The van der Waals surface area contributed by atoms with E-state index in [4.69, 9.17) is 5.73 Å². The van der Waals surface area contributed by atoms with Crippen molar-refractivity contribution in [2.24, 2.45) is 17.1 Å². The quantitative estimate of drug-likeness (QED) is 0.662. The Hall–Kier alpha value is -0.640. The third-order valence-electron chi connectivity index (χ3n) is 2.06. The molecule has 78 valence electrons. The number of alkyl halides is 1. The molecule has 0 heterocycles. The fourth-order valence-corrected chi connectivity index (χ4v) is 1.41. The Balaban J connectivity index is 4.58. The van der Waals surface area contributed by atoms with Crippen molar-refractivity contribution < 1.29 is 13.9 Å². The average molecular weight is 191 g/mol. The fourth-order valence-electron chi connectivity index (χ4n) is 1.41. The molecule has 0 aliphatic heterocycles. The second-order valence-corrected chi connectivity index (χ2v) is 3.71. The summed E-state index contributed by atoms with van der Waals surface area (Å²) in [5.41, 5.74) is 4.27. The summed E-state index contributed by atoms with van der Waals surface area (Å²) in [4.78, 5) is 11.3. The molecule has 0 aromatic heterocycles. The SMILES string of the molecule is COC(=O)C(CN)(CF)CC(C)C. The lowest BCUT2D eigenvalue weighted by Gasteiger charge is -2.27. The Labute approximate surface area is 78.4 Å². The van der Waals surface area contributed by atoms with Crippen LogP contribution < -0.4 is 5.73 Å². The molecule has 0 aromatic rings. The minimum absolute atomic E-state index is 0.00560. The minimum atomic E-state index is -1.14. The van der Waals surface area contributed by atoms with Gasteiger partial charge in [0.2, 0.25) is 0 Å². The maximum Gasteiger partial charge on any atom is 0.315 e. The molecule has 0 saturated heterocycles. The van der Waals surface area contributed by atoms with Gasteiger partial charge in [-0.05, 0) is 12.3 Å². The fraction of sp³-hybridized carbons (Fsp3) is 0.889. The highest BCUT2D eigenvalue weighted by Crippen LogP contribution is 2.27. The van der Waals surface area contributed by atoms with E-state index < -0.39 is 18.1 Å². The number of ether oxygens (including phenoxy) is 1. The van der Waals surface area contributed by atoms with Gasteiger partial charge < -0.3 is 10.5 Å². The number of methoxy groups -OCH3 is 1. The predicted octanol–water partition coefficient (Wildman–Crippen LogP) is 1.12. The lowest BCUT2D eigenvalue weighted by molar-refractivity contribution is -0.154. The van der Waals surface area contributed by atoms with E-state index in [0.29, 0.717) is 6.42 Å². The molecule has 0 spiro atoms. The molecule has 0 aliphatic carbocycles. The molecule has 0 fully saturated rings. The van der Waals surface area contributed by atoms with Crippen LogP contribution in [0.1, 0.15) is 20.3 Å². The van der Waals surface area contributed by atoms with Gasteiger partial charge in [-0.2, -0.15) is 0 Å². The van der Waals surface area contributed by atoms with Gasteiger partial charge in [0, 0.05) is 6.54 Å². The Bertz CT molecular complexity index is 167. The first-order valence-electron chi connectivity index (χ1n) is 4.37. The highest BCUT2D eigenvalue weighted by Gasteiger charge is 2.39. The smallest absolute Gasteiger partial charge is 0.315 e. The Morgan fingerprint density at radius 3 is 2.38 bits per heavy atom. The van der Waals surface area contributed by atoms with E-state index in [1.165, 1.54) is 7.11 Å². The molecule has 0 bridgehead atoms. The van der Waals surface area contributed by atoms with Gasteiger partial charge in [0.25, 0.3) is 0 Å². The van der Waals surface area contributed by atoms with Crippen molar-refractivity contribution >= 4 is 5.97 Å². The van der Waals surface area contributed by atoms with Crippen LogP contribution in [0.4, 0.5) is 4.39 Å². The summed E-state index contributed by atoms with van der Waals surface area (Å²) in [6, 6.07) is 0. The molecule has 0 rings (SSSR count). The third-order valence-corrected chi connectivity index (χ3v) is 2.06. The van der Waals surface area contributed by atoms with Crippen LogP contribution in [0.5, 0.6) is 0 Å². The number of hydrogen-bond acceptors (Lipinski definition) is 3. The molecule has 4 heteroatoms. The number of hydrogen-bond donors (Lipinski definition) is 1. The summed E-state index contributed by atoms with van der Waals surface area (Å²) in [5, 5.41) is 0. The summed E-state index contributed by atoms with van der Waals surface area (Å²) >= 11 is 0. The van der Waals surface area contributed by atoms with E-state index in [1.54, 1.807) is 0 Å². The number of nitrogens with two attached hydrogens (primary N) is 1. The van der Waals surface area contributed by atoms with Gasteiger partial charge in [-0.3, -0.25) is 4.79 Å². The van der Waals surface area contributed by atoms with Gasteiger partial charge in [0.15, 0.2) is 0 Å². The Kier molecular flexibility index (Phi) is 4.91. The number of esters is 1. The van der Waals surface area contributed by atoms with Crippen molar-refractivity contribution in [2.45, 2.75) is 20.3 Å². The van der Waals surface area contributed by atoms with Crippen LogP contribution in [0, 0.1) is 11.3 Å². The van der Waals surface area contributed by atoms with Crippen molar-refractivity contribution in [2.75, 3.05) is 20.3 Å². The molecule has 0 saturated carbocycles. The van der Waals surface area contributed by atoms with Crippen LogP contribution in [0.25, 0.3) is 0 Å². The van der Waals surface area contributed by atoms with Gasteiger partial charge in [-0.15, -0.1) is 0 Å². The van der Waals surface area contributed by atoms with Crippen molar-refractivity contribution in [1.82, 2.24) is 0 Å². The number of carbonyl (C=O) groups excluding carboxylic acids is 1. The standard InChI is InChI=1S/C9H18FNO2/c1-7(2)4-9(5-10,6-11)8(12)13-3/h7H,4-6,11H2,1-3H3. The predicted molar refractivity (Wildman–Crippen MR) is 48.9 cm³/mol. The molecule has 2 N–H and O–H groups in total. The normalized spacial score (nSPS) is 15.5. The lowest BCUT2D eigenvalue weighted by atomic mass is 9.81. The van der Waals surface area contributed by atoms with Crippen LogP contribution in [-0.2, 0) is 9.53 Å². The molecule has 0 radical (unpaired) electrons. The molecule has 0 amide bonds. The summed E-state index contributed by atoms with van der Waals surface area (Å²) in [5.74, 6) is -0.329. The molecular formula is C9H18FNO2. The van der Waals surface area contributed by atoms with E-state index in [1.807, 2.05) is 13.8 Å². The second-order valence-electron chi connectivity index (χ2n) is 3.71. The summed E-state index contributed by atoms with van der Waals surface area (Å²) < 4.78 is 17.3. The van der Waals surface area contributed by atoms with E-state index in [-0.39, 0.29) is 12.5 Å². The second kappa shape index (κ2) is 5.17. The van der Waals surface area contributed by atoms with Gasteiger partial charge in [-0.25, -0.2) is 4.39 Å². The zero-order chi connectivity index (χ0) is 10.5. The third kappa shape index (κ3) is 2.95. The average Bonchev–Trinajstić information content (AvgIpc) is 2.12. The van der Waals surface area contributed by atoms with Crippen LogP contribution in [0.15, 0.2) is 0 Å². The van der Waals surface area contributed by atoms with E-state index in [0.717, 1.165) is 0 Å².